The van der Waals surface area contributed by atoms with E-state index in [1.54, 1.807) is 0 Å². The Bertz CT molecular complexity index is 609. The molecule has 0 aliphatic carbocycles. The third kappa shape index (κ3) is 5.23. The fourth-order valence-electron chi connectivity index (χ4n) is 4.04. The smallest absolute Gasteiger partial charge is 0.237 e. The largest absolute Gasteiger partial charge is 0.381 e. The maximum absolute atomic E-state index is 12.5. The summed E-state index contributed by atoms with van der Waals surface area (Å²) in [4.78, 5) is 14.9. The number of hydrogen-bond donors (Lipinski definition) is 2. The third-order valence-electron chi connectivity index (χ3n) is 6.02. The lowest BCUT2D eigenvalue weighted by Gasteiger charge is -2.35. The zero-order valence-corrected chi connectivity index (χ0v) is 17.0. The van der Waals surface area contributed by atoms with Crippen LogP contribution in [-0.4, -0.2) is 44.3 Å². The van der Waals surface area contributed by atoms with Crippen molar-refractivity contribution in [2.75, 3.05) is 31.2 Å². The average Bonchev–Trinajstić information content (AvgIpc) is 2.68. The van der Waals surface area contributed by atoms with E-state index in [-0.39, 0.29) is 23.3 Å². The zero-order chi connectivity index (χ0) is 19.4. The molecule has 1 amide bonds. The summed E-state index contributed by atoms with van der Waals surface area (Å²) in [6.07, 6.45) is 3.70. The fraction of sp³-hybridized carbons (Fsp3) is 0.682. The molecule has 1 unspecified atom stereocenters. The normalized spacial score (nSPS) is 21.1. The van der Waals surface area contributed by atoms with Crippen LogP contribution in [0.15, 0.2) is 24.3 Å². The number of hydrogen-bond acceptors (Lipinski definition) is 4. The number of carbonyl (C=O) groups is 1. The molecule has 5 heteroatoms. The number of nitrogens with zero attached hydrogens (tertiary/aromatic N) is 1. The summed E-state index contributed by atoms with van der Waals surface area (Å²) in [7, 11) is 0. The van der Waals surface area contributed by atoms with Crippen molar-refractivity contribution >= 4 is 11.6 Å². The van der Waals surface area contributed by atoms with Crippen LogP contribution in [0.25, 0.3) is 0 Å². The molecule has 0 aromatic heterocycles. The Kier molecular flexibility index (Phi) is 6.43. The molecule has 2 saturated heterocycles. The first-order chi connectivity index (χ1) is 12.8. The minimum atomic E-state index is -0.406. The Hall–Kier alpha value is -1.59. The van der Waals surface area contributed by atoms with Crippen LogP contribution in [0.5, 0.6) is 0 Å². The highest BCUT2D eigenvalue weighted by molar-refractivity contribution is 5.82. The van der Waals surface area contributed by atoms with Gasteiger partial charge in [0.25, 0.3) is 0 Å². The number of piperidine rings is 1. The van der Waals surface area contributed by atoms with Gasteiger partial charge in [-0.2, -0.15) is 0 Å². The van der Waals surface area contributed by atoms with Gasteiger partial charge in [-0.3, -0.25) is 4.79 Å². The first-order valence-corrected chi connectivity index (χ1v) is 10.3. The molecule has 3 rings (SSSR count). The molecule has 2 aliphatic heterocycles. The van der Waals surface area contributed by atoms with E-state index < -0.39 is 6.04 Å². The third-order valence-corrected chi connectivity index (χ3v) is 6.02. The highest BCUT2D eigenvalue weighted by atomic mass is 16.5. The van der Waals surface area contributed by atoms with Gasteiger partial charge in [-0.25, -0.2) is 0 Å². The lowest BCUT2D eigenvalue weighted by atomic mass is 9.87. The Labute approximate surface area is 163 Å². The Morgan fingerprint density at radius 2 is 1.70 bits per heavy atom. The second-order valence-electron chi connectivity index (χ2n) is 9.04. The van der Waals surface area contributed by atoms with Gasteiger partial charge in [0, 0.05) is 38.0 Å². The quantitative estimate of drug-likeness (QED) is 0.852. The molecular weight excluding hydrogens is 338 g/mol. The van der Waals surface area contributed by atoms with Gasteiger partial charge in [0.05, 0.1) is 6.04 Å². The molecule has 2 fully saturated rings. The number of benzene rings is 1. The summed E-state index contributed by atoms with van der Waals surface area (Å²) in [5, 5.41) is 3.19. The van der Waals surface area contributed by atoms with Crippen molar-refractivity contribution in [2.24, 2.45) is 11.7 Å². The summed E-state index contributed by atoms with van der Waals surface area (Å²) in [5.74, 6) is 0.259. The van der Waals surface area contributed by atoms with Gasteiger partial charge in [0.2, 0.25) is 5.91 Å². The van der Waals surface area contributed by atoms with E-state index in [0.29, 0.717) is 0 Å². The molecule has 1 aromatic rings. The van der Waals surface area contributed by atoms with Crippen LogP contribution in [0.1, 0.15) is 52.0 Å². The molecule has 0 bridgehead atoms. The van der Waals surface area contributed by atoms with Crippen LogP contribution in [-0.2, 0) is 14.9 Å². The van der Waals surface area contributed by atoms with Crippen molar-refractivity contribution < 1.29 is 9.53 Å². The van der Waals surface area contributed by atoms with Gasteiger partial charge < -0.3 is 20.7 Å². The predicted octanol–water partition coefficient (Wildman–Crippen LogP) is 2.82. The summed E-state index contributed by atoms with van der Waals surface area (Å²) < 4.78 is 5.37. The number of ether oxygens (including phenoxy) is 1. The lowest BCUT2D eigenvalue weighted by Crippen LogP contribution is -2.52. The Morgan fingerprint density at radius 3 is 2.26 bits per heavy atom. The van der Waals surface area contributed by atoms with E-state index in [1.807, 2.05) is 0 Å². The molecule has 5 nitrogen and oxygen atoms in total. The predicted molar refractivity (Wildman–Crippen MR) is 110 cm³/mol. The number of anilines is 1. The molecule has 1 atom stereocenters. The van der Waals surface area contributed by atoms with E-state index >= 15 is 0 Å². The summed E-state index contributed by atoms with van der Waals surface area (Å²) in [5.41, 5.74) is 9.01. The van der Waals surface area contributed by atoms with E-state index in [9.17, 15) is 4.79 Å². The zero-order valence-electron chi connectivity index (χ0n) is 17.0. The van der Waals surface area contributed by atoms with Crippen molar-refractivity contribution in [3.63, 3.8) is 0 Å². The molecular formula is C22H35N3O2. The van der Waals surface area contributed by atoms with Crippen LogP contribution < -0.4 is 16.0 Å². The number of amides is 1. The first-order valence-electron chi connectivity index (χ1n) is 10.3. The summed E-state index contributed by atoms with van der Waals surface area (Å²) in [6, 6.07) is 8.73. The van der Waals surface area contributed by atoms with E-state index in [4.69, 9.17) is 10.5 Å². The molecule has 3 N–H and O–H groups in total. The van der Waals surface area contributed by atoms with Crippen molar-refractivity contribution in [3.05, 3.63) is 29.8 Å². The molecule has 0 spiro atoms. The maximum atomic E-state index is 12.5. The van der Waals surface area contributed by atoms with Gasteiger partial charge in [0.15, 0.2) is 0 Å². The molecule has 1 aromatic carbocycles. The van der Waals surface area contributed by atoms with Crippen molar-refractivity contribution in [1.82, 2.24) is 5.32 Å². The highest BCUT2D eigenvalue weighted by Gasteiger charge is 2.29. The Morgan fingerprint density at radius 1 is 1.11 bits per heavy atom. The first kappa shape index (κ1) is 20.2. The van der Waals surface area contributed by atoms with Crippen LogP contribution in [0.3, 0.4) is 0 Å². The fourth-order valence-corrected chi connectivity index (χ4v) is 4.04. The molecule has 0 saturated carbocycles. The summed E-state index contributed by atoms with van der Waals surface area (Å²) >= 11 is 0. The number of carbonyl (C=O) groups excluding carboxylic acids is 1. The van der Waals surface area contributed by atoms with E-state index in [1.165, 1.54) is 11.3 Å². The van der Waals surface area contributed by atoms with Crippen molar-refractivity contribution in [1.29, 1.82) is 0 Å². The van der Waals surface area contributed by atoms with Crippen LogP contribution in [0.4, 0.5) is 5.69 Å². The van der Waals surface area contributed by atoms with Gasteiger partial charge >= 0.3 is 0 Å². The van der Waals surface area contributed by atoms with Crippen LogP contribution in [0.2, 0.25) is 0 Å². The monoisotopic (exact) mass is 373 g/mol. The molecule has 2 heterocycles. The minimum Gasteiger partial charge on any atom is -0.381 e. The molecule has 27 heavy (non-hydrogen) atoms. The van der Waals surface area contributed by atoms with Gasteiger partial charge in [-0.1, -0.05) is 32.9 Å². The maximum Gasteiger partial charge on any atom is 0.237 e. The van der Waals surface area contributed by atoms with E-state index in [0.717, 1.165) is 52.0 Å². The topological polar surface area (TPSA) is 67.6 Å². The van der Waals surface area contributed by atoms with Crippen LogP contribution in [0, 0.1) is 5.92 Å². The Balaban J connectivity index is 1.47. The minimum absolute atomic E-state index is 0.00915. The second kappa shape index (κ2) is 8.61. The average molecular weight is 374 g/mol. The van der Waals surface area contributed by atoms with Crippen LogP contribution >= 0.6 is 0 Å². The van der Waals surface area contributed by atoms with Gasteiger partial charge in [0.1, 0.15) is 0 Å². The summed E-state index contributed by atoms with van der Waals surface area (Å²) in [6.45, 7) is 10.1. The van der Waals surface area contributed by atoms with Crippen molar-refractivity contribution in [2.45, 2.75) is 64.0 Å². The standard InChI is InChI=1S/C22H35N3O2/c1-22(2,3)17-4-6-19(7-5-17)25-12-8-18(9-13-25)24-21(26)20(23)16-10-14-27-15-11-16/h4-7,16,18,20H,8-15,23H2,1-3H3,(H,24,26). The lowest BCUT2D eigenvalue weighted by molar-refractivity contribution is -0.125. The molecule has 0 radical (unpaired) electrons. The number of rotatable bonds is 4. The van der Waals surface area contributed by atoms with Gasteiger partial charge in [-0.05, 0) is 54.7 Å². The number of nitrogens with one attached hydrogen (secondary N) is 1. The highest BCUT2D eigenvalue weighted by Crippen LogP contribution is 2.26. The van der Waals surface area contributed by atoms with Crippen molar-refractivity contribution in [3.8, 4) is 0 Å². The molecule has 150 valence electrons. The number of nitrogens with two attached hydrogens (primary N) is 1. The second-order valence-corrected chi connectivity index (χ2v) is 9.04. The molecule has 2 aliphatic rings. The van der Waals surface area contributed by atoms with Gasteiger partial charge in [-0.15, -0.1) is 0 Å². The van der Waals surface area contributed by atoms with E-state index in [2.05, 4.69) is 55.3 Å². The SMILES string of the molecule is CC(C)(C)c1ccc(N2CCC(NC(=O)C(N)C3CCOCC3)CC2)cc1.